The Morgan fingerprint density at radius 2 is 2.00 bits per heavy atom. The molecule has 5 heteroatoms. The number of hydrogen-bond acceptors (Lipinski definition) is 4. The van der Waals surface area contributed by atoms with Crippen molar-refractivity contribution in [1.29, 1.82) is 0 Å². The van der Waals surface area contributed by atoms with Crippen LogP contribution in [0.4, 0.5) is 0 Å². The number of carbonyl (C=O) groups excluding carboxylic acids is 1. The van der Waals surface area contributed by atoms with Gasteiger partial charge in [-0.3, -0.25) is 4.79 Å². The van der Waals surface area contributed by atoms with Gasteiger partial charge < -0.3 is 10.1 Å². The second-order valence-corrected chi connectivity index (χ2v) is 7.53. The van der Waals surface area contributed by atoms with Crippen LogP contribution in [0.5, 0.6) is 5.75 Å². The first kappa shape index (κ1) is 17.9. The van der Waals surface area contributed by atoms with Gasteiger partial charge in [-0.2, -0.15) is 0 Å². The number of carbonyl (C=O) groups is 1. The van der Waals surface area contributed by atoms with Gasteiger partial charge in [0.05, 0.1) is 18.4 Å². The minimum Gasteiger partial charge on any atom is -0.494 e. The summed E-state index contributed by atoms with van der Waals surface area (Å²) in [4.78, 5) is 14.5. The van der Waals surface area contributed by atoms with Crippen molar-refractivity contribution >= 4 is 29.0 Å². The zero-order chi connectivity index (χ0) is 16.7. The van der Waals surface area contributed by atoms with Gasteiger partial charge in [0.15, 0.2) is 0 Å². The molecule has 0 bridgehead atoms. The molecule has 3 nitrogen and oxygen atoms in total. The third kappa shape index (κ3) is 5.59. The fourth-order valence-electron chi connectivity index (χ4n) is 2.20. The Balaban J connectivity index is 1.86. The molecule has 2 rings (SSSR count). The van der Waals surface area contributed by atoms with Gasteiger partial charge in [-0.25, -0.2) is 0 Å². The average molecular weight is 350 g/mol. The summed E-state index contributed by atoms with van der Waals surface area (Å²) in [5.41, 5.74) is 0. The zero-order valence-electron chi connectivity index (χ0n) is 13.7. The molecule has 1 heterocycles. The molecule has 0 unspecified atom stereocenters. The molecule has 0 saturated heterocycles. The highest BCUT2D eigenvalue weighted by molar-refractivity contribution is 8.00. The lowest BCUT2D eigenvalue weighted by molar-refractivity contribution is -0.119. The standard InChI is InChI=1S/C18H23NO2S2/c1-4-21-14-7-9-15(10-8-14)23-12-17(20)19-18(13(2)3)16-6-5-11-22-16/h5-11,13,18H,4,12H2,1-3H3,(H,19,20)/t18-/m0/s1. The van der Waals surface area contributed by atoms with Crippen LogP contribution in [0, 0.1) is 5.92 Å². The minimum absolute atomic E-state index is 0.0657. The van der Waals surface area contributed by atoms with E-state index in [2.05, 4.69) is 25.2 Å². The van der Waals surface area contributed by atoms with Gasteiger partial charge in [0, 0.05) is 9.77 Å². The van der Waals surface area contributed by atoms with Crippen LogP contribution in [-0.2, 0) is 4.79 Å². The van der Waals surface area contributed by atoms with E-state index in [1.807, 2.05) is 42.6 Å². The fraction of sp³-hybridized carbons (Fsp3) is 0.389. The maximum Gasteiger partial charge on any atom is 0.230 e. The van der Waals surface area contributed by atoms with E-state index in [1.54, 1.807) is 23.1 Å². The van der Waals surface area contributed by atoms with E-state index in [1.165, 1.54) is 4.88 Å². The molecule has 0 aliphatic rings. The Labute approximate surface area is 146 Å². The van der Waals surface area contributed by atoms with Crippen LogP contribution in [-0.4, -0.2) is 18.3 Å². The molecule has 23 heavy (non-hydrogen) atoms. The van der Waals surface area contributed by atoms with Crippen molar-refractivity contribution < 1.29 is 9.53 Å². The van der Waals surface area contributed by atoms with Crippen LogP contribution in [0.15, 0.2) is 46.7 Å². The lowest BCUT2D eigenvalue weighted by Crippen LogP contribution is -2.32. The number of amides is 1. The zero-order valence-corrected chi connectivity index (χ0v) is 15.4. The largest absolute Gasteiger partial charge is 0.494 e. The maximum absolute atomic E-state index is 12.2. The molecular formula is C18H23NO2S2. The van der Waals surface area contributed by atoms with Crippen LogP contribution in [0.2, 0.25) is 0 Å². The van der Waals surface area contributed by atoms with E-state index < -0.39 is 0 Å². The van der Waals surface area contributed by atoms with Crippen molar-refractivity contribution in [1.82, 2.24) is 5.32 Å². The first-order valence-corrected chi connectivity index (χ1v) is 9.65. The number of rotatable bonds is 8. The van der Waals surface area contributed by atoms with Gasteiger partial charge in [0.25, 0.3) is 0 Å². The lowest BCUT2D eigenvalue weighted by Gasteiger charge is -2.21. The predicted molar refractivity (Wildman–Crippen MR) is 98.4 cm³/mol. The first-order valence-electron chi connectivity index (χ1n) is 7.78. The van der Waals surface area contributed by atoms with Gasteiger partial charge in [-0.05, 0) is 48.6 Å². The van der Waals surface area contributed by atoms with Crippen LogP contribution < -0.4 is 10.1 Å². The highest BCUT2D eigenvalue weighted by Gasteiger charge is 2.19. The molecule has 124 valence electrons. The molecule has 0 radical (unpaired) electrons. The summed E-state index contributed by atoms with van der Waals surface area (Å²) in [6, 6.07) is 12.0. The number of ether oxygens (including phenoxy) is 1. The fourth-order valence-corrected chi connectivity index (χ4v) is 3.86. The molecule has 1 aromatic carbocycles. The van der Waals surface area contributed by atoms with E-state index >= 15 is 0 Å². The second kappa shape index (κ2) is 8.99. The van der Waals surface area contributed by atoms with Crippen LogP contribution in [0.1, 0.15) is 31.7 Å². The van der Waals surface area contributed by atoms with Gasteiger partial charge in [-0.1, -0.05) is 19.9 Å². The Morgan fingerprint density at radius 3 is 2.57 bits per heavy atom. The van der Waals surface area contributed by atoms with E-state index in [0.717, 1.165) is 10.6 Å². The minimum atomic E-state index is 0.0657. The average Bonchev–Trinajstić information content (AvgIpc) is 3.06. The summed E-state index contributed by atoms with van der Waals surface area (Å²) in [6.07, 6.45) is 0. The second-order valence-electron chi connectivity index (χ2n) is 5.50. The van der Waals surface area contributed by atoms with Crippen molar-refractivity contribution in [3.63, 3.8) is 0 Å². The monoisotopic (exact) mass is 349 g/mol. The van der Waals surface area contributed by atoms with E-state index in [0.29, 0.717) is 18.3 Å². The molecule has 2 aromatic rings. The van der Waals surface area contributed by atoms with Crippen molar-refractivity contribution in [3.05, 3.63) is 46.7 Å². The van der Waals surface area contributed by atoms with Crippen molar-refractivity contribution in [2.45, 2.75) is 31.7 Å². The lowest BCUT2D eigenvalue weighted by atomic mass is 10.0. The van der Waals surface area contributed by atoms with E-state index in [4.69, 9.17) is 4.74 Å². The molecule has 1 atom stereocenters. The molecule has 1 amide bonds. The van der Waals surface area contributed by atoms with E-state index in [-0.39, 0.29) is 11.9 Å². The Kier molecular flexibility index (Phi) is 6.99. The number of thioether (sulfide) groups is 1. The molecule has 1 aromatic heterocycles. The van der Waals surface area contributed by atoms with Crippen LogP contribution >= 0.6 is 23.1 Å². The molecule has 0 saturated carbocycles. The highest BCUT2D eigenvalue weighted by Crippen LogP contribution is 2.26. The quantitative estimate of drug-likeness (QED) is 0.699. The smallest absolute Gasteiger partial charge is 0.230 e. The number of hydrogen-bond donors (Lipinski definition) is 1. The molecule has 0 fully saturated rings. The van der Waals surface area contributed by atoms with E-state index in [9.17, 15) is 4.79 Å². The normalized spacial score (nSPS) is 12.2. The summed E-state index contributed by atoms with van der Waals surface area (Å²) in [5.74, 6) is 1.71. The van der Waals surface area contributed by atoms with Gasteiger partial charge in [-0.15, -0.1) is 23.1 Å². The Bertz CT molecular complexity index is 594. The van der Waals surface area contributed by atoms with Crippen LogP contribution in [0.3, 0.4) is 0 Å². The van der Waals surface area contributed by atoms with Gasteiger partial charge >= 0.3 is 0 Å². The number of benzene rings is 1. The summed E-state index contributed by atoms with van der Waals surface area (Å²) < 4.78 is 5.42. The molecule has 1 N–H and O–H groups in total. The summed E-state index contributed by atoms with van der Waals surface area (Å²) in [6.45, 7) is 6.88. The number of nitrogens with one attached hydrogen (secondary N) is 1. The summed E-state index contributed by atoms with van der Waals surface area (Å²) in [5, 5.41) is 5.19. The third-order valence-corrected chi connectivity index (χ3v) is 5.30. The molecule has 0 aliphatic carbocycles. The molecule has 0 spiro atoms. The van der Waals surface area contributed by atoms with Gasteiger partial charge in [0.1, 0.15) is 5.75 Å². The highest BCUT2D eigenvalue weighted by atomic mass is 32.2. The molecular weight excluding hydrogens is 326 g/mol. The molecule has 0 aliphatic heterocycles. The third-order valence-electron chi connectivity index (χ3n) is 3.34. The predicted octanol–water partition coefficient (Wildman–Crippen LogP) is 4.75. The number of thiophene rings is 1. The Morgan fingerprint density at radius 1 is 1.26 bits per heavy atom. The Hall–Kier alpha value is -1.46. The van der Waals surface area contributed by atoms with Gasteiger partial charge in [0.2, 0.25) is 5.91 Å². The van der Waals surface area contributed by atoms with Crippen LogP contribution in [0.25, 0.3) is 0 Å². The van der Waals surface area contributed by atoms with Crippen molar-refractivity contribution in [3.8, 4) is 5.75 Å². The SMILES string of the molecule is CCOc1ccc(SCC(=O)N[C@H](c2cccs2)C(C)C)cc1. The summed E-state index contributed by atoms with van der Waals surface area (Å²) in [7, 11) is 0. The maximum atomic E-state index is 12.2. The topological polar surface area (TPSA) is 38.3 Å². The summed E-state index contributed by atoms with van der Waals surface area (Å²) >= 11 is 3.23. The van der Waals surface area contributed by atoms with Crippen molar-refractivity contribution in [2.24, 2.45) is 5.92 Å². The van der Waals surface area contributed by atoms with Crippen molar-refractivity contribution in [2.75, 3.05) is 12.4 Å². The first-order chi connectivity index (χ1) is 11.1.